The summed E-state index contributed by atoms with van der Waals surface area (Å²) in [5.41, 5.74) is 0.342. The third-order valence-electron chi connectivity index (χ3n) is 7.09. The Morgan fingerprint density at radius 2 is 1.76 bits per heavy atom. The first-order valence-corrected chi connectivity index (χ1v) is 11.6. The van der Waals surface area contributed by atoms with Crippen LogP contribution < -0.4 is 5.32 Å². The molecule has 29 heavy (non-hydrogen) atoms. The highest BCUT2D eigenvalue weighted by Gasteiger charge is 2.37. The lowest BCUT2D eigenvalue weighted by atomic mass is 9.67. The van der Waals surface area contributed by atoms with Crippen LogP contribution in [0.25, 0.3) is 0 Å². The second-order valence-corrected chi connectivity index (χ2v) is 9.00. The van der Waals surface area contributed by atoms with Gasteiger partial charge >= 0.3 is 0 Å². The fourth-order valence-electron chi connectivity index (χ4n) is 4.83. The van der Waals surface area contributed by atoms with Crippen molar-refractivity contribution < 1.29 is 9.53 Å². The Kier molecular flexibility index (Phi) is 8.18. The van der Waals surface area contributed by atoms with Crippen LogP contribution in [0.5, 0.6) is 0 Å². The fraction of sp³-hybridized carbons (Fsp3) is 0.909. The van der Waals surface area contributed by atoms with Gasteiger partial charge in [0.05, 0.1) is 6.04 Å². The van der Waals surface area contributed by atoms with Crippen LogP contribution >= 0.6 is 0 Å². The van der Waals surface area contributed by atoms with Crippen molar-refractivity contribution in [3.63, 3.8) is 0 Å². The molecule has 0 aromatic heterocycles. The van der Waals surface area contributed by atoms with E-state index in [2.05, 4.69) is 29.0 Å². The van der Waals surface area contributed by atoms with Crippen molar-refractivity contribution >= 4 is 11.9 Å². The van der Waals surface area contributed by atoms with Crippen LogP contribution in [0.4, 0.5) is 0 Å². The number of carbonyl (C=O) groups excluding carboxylic acids is 1. The van der Waals surface area contributed by atoms with Gasteiger partial charge < -0.3 is 19.9 Å². The molecule has 0 spiro atoms. The predicted molar refractivity (Wildman–Crippen MR) is 117 cm³/mol. The highest BCUT2D eigenvalue weighted by atomic mass is 16.5. The second kappa shape index (κ2) is 10.6. The molecule has 1 N–H and O–H groups in total. The number of methoxy groups -OCH3 is 1. The van der Waals surface area contributed by atoms with Crippen LogP contribution in [0.2, 0.25) is 0 Å². The maximum absolute atomic E-state index is 12.7. The summed E-state index contributed by atoms with van der Waals surface area (Å²) in [6.07, 6.45) is 7.27. The summed E-state index contributed by atoms with van der Waals surface area (Å²) in [6.45, 7) is 12.4. The monoisotopic (exact) mass is 407 g/mol. The number of rotatable bonds is 8. The first-order chi connectivity index (χ1) is 14.1. The van der Waals surface area contributed by atoms with Crippen LogP contribution in [0.1, 0.15) is 52.4 Å². The standard InChI is InChI=1S/C22H41N5O2/c1-4-23-21(24-18-22(8-7-9-22)10-17-29-3)27-15-13-25(14-16-27)19(2)20(28)26-11-5-6-12-26/h19H,4-18H2,1-3H3,(H,23,24). The fourth-order valence-corrected chi connectivity index (χ4v) is 4.83. The summed E-state index contributed by atoms with van der Waals surface area (Å²) >= 11 is 0. The maximum Gasteiger partial charge on any atom is 0.239 e. The van der Waals surface area contributed by atoms with Gasteiger partial charge in [0, 0.05) is 66.1 Å². The molecule has 3 rings (SSSR count). The minimum absolute atomic E-state index is 0.0120. The van der Waals surface area contributed by atoms with Crippen LogP contribution in [0.15, 0.2) is 4.99 Å². The molecule has 2 heterocycles. The molecule has 1 unspecified atom stereocenters. The van der Waals surface area contributed by atoms with Crippen LogP contribution in [0.3, 0.4) is 0 Å². The highest BCUT2D eigenvalue weighted by molar-refractivity contribution is 5.82. The average molecular weight is 408 g/mol. The van der Waals surface area contributed by atoms with Crippen molar-refractivity contribution in [2.75, 3.05) is 66.1 Å². The van der Waals surface area contributed by atoms with Gasteiger partial charge in [0.15, 0.2) is 5.96 Å². The quantitative estimate of drug-likeness (QED) is 0.491. The molecule has 1 atom stereocenters. The molecule has 1 amide bonds. The van der Waals surface area contributed by atoms with E-state index in [1.165, 1.54) is 19.3 Å². The molecule has 7 nitrogen and oxygen atoms in total. The van der Waals surface area contributed by atoms with E-state index in [0.29, 0.717) is 11.3 Å². The summed E-state index contributed by atoms with van der Waals surface area (Å²) in [5, 5.41) is 3.49. The summed E-state index contributed by atoms with van der Waals surface area (Å²) in [5.74, 6) is 1.34. The van der Waals surface area contributed by atoms with Crippen LogP contribution in [0, 0.1) is 5.41 Å². The van der Waals surface area contributed by atoms with Crippen molar-refractivity contribution in [2.45, 2.75) is 58.4 Å². The number of guanidine groups is 1. The number of hydrogen-bond acceptors (Lipinski definition) is 4. The average Bonchev–Trinajstić information content (AvgIpc) is 3.26. The summed E-state index contributed by atoms with van der Waals surface area (Å²) in [7, 11) is 1.79. The Labute approximate surface area is 176 Å². The van der Waals surface area contributed by atoms with Crippen molar-refractivity contribution in [2.24, 2.45) is 10.4 Å². The minimum atomic E-state index is -0.0120. The minimum Gasteiger partial charge on any atom is -0.385 e. The van der Waals surface area contributed by atoms with E-state index in [9.17, 15) is 4.79 Å². The second-order valence-electron chi connectivity index (χ2n) is 9.00. The summed E-state index contributed by atoms with van der Waals surface area (Å²) < 4.78 is 5.32. The Bertz CT molecular complexity index is 549. The van der Waals surface area contributed by atoms with Crippen molar-refractivity contribution in [1.29, 1.82) is 0 Å². The van der Waals surface area contributed by atoms with E-state index in [-0.39, 0.29) is 6.04 Å². The number of amides is 1. The molecule has 166 valence electrons. The predicted octanol–water partition coefficient (Wildman–Crippen LogP) is 1.79. The number of nitrogens with zero attached hydrogens (tertiary/aromatic N) is 4. The van der Waals surface area contributed by atoms with E-state index in [0.717, 1.165) is 84.2 Å². The first-order valence-electron chi connectivity index (χ1n) is 11.6. The van der Waals surface area contributed by atoms with Gasteiger partial charge in [-0.1, -0.05) is 6.42 Å². The van der Waals surface area contributed by atoms with Gasteiger partial charge in [-0.15, -0.1) is 0 Å². The molecule has 0 bridgehead atoms. The molecule has 0 radical (unpaired) electrons. The van der Waals surface area contributed by atoms with E-state index >= 15 is 0 Å². The molecule has 1 aliphatic carbocycles. The Hall–Kier alpha value is -1.34. The molecule has 3 aliphatic rings. The number of likely N-dealkylation sites (tertiary alicyclic amines) is 1. The molecule has 7 heteroatoms. The zero-order chi connectivity index (χ0) is 20.7. The normalized spacial score (nSPS) is 23.8. The van der Waals surface area contributed by atoms with Gasteiger partial charge in [-0.05, 0) is 51.4 Å². The Morgan fingerprint density at radius 1 is 1.07 bits per heavy atom. The number of aliphatic imine (C=N–C) groups is 1. The van der Waals surface area contributed by atoms with E-state index in [4.69, 9.17) is 9.73 Å². The number of carbonyl (C=O) groups is 1. The molecule has 0 aromatic rings. The van der Waals surface area contributed by atoms with Gasteiger partial charge in [-0.3, -0.25) is 14.7 Å². The van der Waals surface area contributed by atoms with Crippen LogP contribution in [-0.4, -0.2) is 98.7 Å². The molecule has 3 fully saturated rings. The lowest BCUT2D eigenvalue weighted by molar-refractivity contribution is -0.135. The van der Waals surface area contributed by atoms with Crippen LogP contribution in [-0.2, 0) is 9.53 Å². The summed E-state index contributed by atoms with van der Waals surface area (Å²) in [6, 6.07) is -0.0120. The Balaban J connectivity index is 1.53. The molecular weight excluding hydrogens is 366 g/mol. The topological polar surface area (TPSA) is 60.4 Å². The number of nitrogens with one attached hydrogen (secondary N) is 1. The summed E-state index contributed by atoms with van der Waals surface area (Å²) in [4.78, 5) is 24.5. The maximum atomic E-state index is 12.7. The van der Waals surface area contributed by atoms with E-state index in [1.807, 2.05) is 4.90 Å². The van der Waals surface area contributed by atoms with Crippen molar-refractivity contribution in [3.8, 4) is 0 Å². The van der Waals surface area contributed by atoms with E-state index < -0.39 is 0 Å². The van der Waals surface area contributed by atoms with Crippen molar-refractivity contribution in [1.82, 2.24) is 20.0 Å². The molecule has 1 saturated carbocycles. The molecule has 2 aliphatic heterocycles. The highest BCUT2D eigenvalue weighted by Crippen LogP contribution is 2.44. The first kappa shape index (κ1) is 22.3. The van der Waals surface area contributed by atoms with Gasteiger partial charge in [0.1, 0.15) is 0 Å². The number of hydrogen-bond donors (Lipinski definition) is 1. The molecule has 0 aromatic carbocycles. The third-order valence-corrected chi connectivity index (χ3v) is 7.09. The van der Waals surface area contributed by atoms with E-state index in [1.54, 1.807) is 7.11 Å². The zero-order valence-electron chi connectivity index (χ0n) is 18.8. The van der Waals surface area contributed by atoms with Gasteiger partial charge in [0.2, 0.25) is 5.91 Å². The molecular formula is C22H41N5O2. The van der Waals surface area contributed by atoms with Gasteiger partial charge in [-0.2, -0.15) is 0 Å². The smallest absolute Gasteiger partial charge is 0.239 e. The van der Waals surface area contributed by atoms with Gasteiger partial charge in [-0.25, -0.2) is 0 Å². The van der Waals surface area contributed by atoms with Gasteiger partial charge in [0.25, 0.3) is 0 Å². The lowest BCUT2D eigenvalue weighted by Gasteiger charge is -2.42. The van der Waals surface area contributed by atoms with Crippen molar-refractivity contribution in [3.05, 3.63) is 0 Å². The largest absolute Gasteiger partial charge is 0.385 e. The lowest BCUT2D eigenvalue weighted by Crippen LogP contribution is -2.57. The molecule has 2 saturated heterocycles. The Morgan fingerprint density at radius 3 is 2.31 bits per heavy atom. The zero-order valence-corrected chi connectivity index (χ0v) is 18.8. The SMILES string of the molecule is CCNC(=NCC1(CCOC)CCC1)N1CCN(C(C)C(=O)N2CCCC2)CC1. The number of ether oxygens (including phenoxy) is 1. The number of piperazine rings is 1. The third kappa shape index (κ3) is 5.63.